The van der Waals surface area contributed by atoms with E-state index in [1.807, 2.05) is 13.1 Å². The maximum absolute atomic E-state index is 13.0. The lowest BCUT2D eigenvalue weighted by Gasteiger charge is -2.08. The van der Waals surface area contributed by atoms with Crippen LogP contribution in [0.5, 0.6) is 0 Å². The van der Waals surface area contributed by atoms with Crippen molar-refractivity contribution in [3.05, 3.63) is 47.5 Å². The highest BCUT2D eigenvalue weighted by Crippen LogP contribution is 2.12. The van der Waals surface area contributed by atoms with Crippen LogP contribution in [0.15, 0.2) is 35.5 Å². The van der Waals surface area contributed by atoms with Crippen molar-refractivity contribution in [2.45, 2.75) is 13.5 Å². The summed E-state index contributed by atoms with van der Waals surface area (Å²) in [5.74, 6) is 2.86. The summed E-state index contributed by atoms with van der Waals surface area (Å²) in [4.78, 5) is 4.07. The van der Waals surface area contributed by atoms with Gasteiger partial charge in [-0.15, -0.1) is 6.42 Å². The van der Waals surface area contributed by atoms with Gasteiger partial charge in [-0.05, 0) is 31.2 Å². The van der Waals surface area contributed by atoms with Crippen LogP contribution in [0, 0.1) is 25.1 Å². The van der Waals surface area contributed by atoms with Crippen molar-refractivity contribution in [1.82, 2.24) is 20.4 Å². The minimum Gasteiger partial charge on any atom is -0.352 e. The van der Waals surface area contributed by atoms with Crippen molar-refractivity contribution < 1.29 is 4.39 Å². The predicted octanol–water partition coefficient (Wildman–Crippen LogP) is 1.62. The van der Waals surface area contributed by atoms with E-state index in [1.54, 1.807) is 23.9 Å². The first-order valence-corrected chi connectivity index (χ1v) is 6.83. The Bertz CT molecular complexity index is 694. The molecule has 0 spiro atoms. The fourth-order valence-electron chi connectivity index (χ4n) is 1.93. The van der Waals surface area contributed by atoms with E-state index in [0.717, 1.165) is 16.9 Å². The molecule has 2 N–H and O–H groups in total. The van der Waals surface area contributed by atoms with Crippen LogP contribution in [0.25, 0.3) is 5.69 Å². The molecule has 0 unspecified atom stereocenters. The minimum absolute atomic E-state index is 0.266. The molecule has 0 aliphatic heterocycles. The average Bonchev–Trinajstić information content (AvgIpc) is 2.89. The first kappa shape index (κ1) is 15.6. The number of terminal acetylenes is 1. The van der Waals surface area contributed by atoms with E-state index >= 15 is 0 Å². The van der Waals surface area contributed by atoms with Crippen molar-refractivity contribution in [2.24, 2.45) is 4.99 Å². The molecular formula is C16H18FN5. The van der Waals surface area contributed by atoms with Gasteiger partial charge in [0, 0.05) is 25.4 Å². The van der Waals surface area contributed by atoms with Gasteiger partial charge in [-0.3, -0.25) is 4.99 Å². The third kappa shape index (κ3) is 3.85. The largest absolute Gasteiger partial charge is 0.352 e. The molecule has 22 heavy (non-hydrogen) atoms. The Morgan fingerprint density at radius 1 is 1.36 bits per heavy atom. The van der Waals surface area contributed by atoms with Gasteiger partial charge in [0.05, 0.1) is 17.9 Å². The number of aliphatic imine (C=N–C) groups is 1. The number of nitrogens with one attached hydrogen (secondary N) is 2. The fourth-order valence-corrected chi connectivity index (χ4v) is 1.93. The lowest BCUT2D eigenvalue weighted by Crippen LogP contribution is -2.36. The van der Waals surface area contributed by atoms with Gasteiger partial charge in [0.2, 0.25) is 0 Å². The molecule has 0 amide bonds. The molecule has 0 atom stereocenters. The molecule has 0 bridgehead atoms. The molecule has 0 aliphatic rings. The fraction of sp³-hybridized carbons (Fsp3) is 0.250. The first-order valence-electron chi connectivity index (χ1n) is 6.83. The normalized spacial score (nSPS) is 11.1. The third-order valence-corrected chi connectivity index (χ3v) is 3.12. The number of aryl methyl sites for hydroxylation is 1. The molecule has 114 valence electrons. The van der Waals surface area contributed by atoms with Gasteiger partial charge in [-0.2, -0.15) is 5.10 Å². The SMILES string of the molecule is C#CCNC(=NC)NCc1cn(-c2ccc(F)cc2)nc1C. The Kier molecular flexibility index (Phi) is 5.15. The second-order valence-corrected chi connectivity index (χ2v) is 4.64. The Balaban J connectivity index is 2.07. The van der Waals surface area contributed by atoms with Gasteiger partial charge in [-0.1, -0.05) is 5.92 Å². The second-order valence-electron chi connectivity index (χ2n) is 4.64. The maximum atomic E-state index is 13.0. The first-order chi connectivity index (χ1) is 10.6. The van der Waals surface area contributed by atoms with Gasteiger partial charge >= 0.3 is 0 Å². The summed E-state index contributed by atoms with van der Waals surface area (Å²) in [5.41, 5.74) is 2.72. The van der Waals surface area contributed by atoms with Crippen LogP contribution < -0.4 is 10.6 Å². The van der Waals surface area contributed by atoms with Crippen LogP contribution in [0.3, 0.4) is 0 Å². The zero-order chi connectivity index (χ0) is 15.9. The van der Waals surface area contributed by atoms with Crippen LogP contribution >= 0.6 is 0 Å². The minimum atomic E-state index is -0.266. The molecule has 0 fully saturated rings. The Labute approximate surface area is 129 Å². The molecule has 1 aromatic carbocycles. The number of hydrogen-bond acceptors (Lipinski definition) is 2. The molecule has 2 rings (SSSR count). The van der Waals surface area contributed by atoms with E-state index in [9.17, 15) is 4.39 Å². The lowest BCUT2D eigenvalue weighted by atomic mass is 10.2. The molecule has 1 heterocycles. The molecule has 0 saturated heterocycles. The summed E-state index contributed by atoms with van der Waals surface area (Å²) >= 11 is 0. The monoisotopic (exact) mass is 299 g/mol. The standard InChI is InChI=1S/C16H18FN5/c1-4-9-19-16(18-3)20-10-13-11-22(21-12(13)2)15-7-5-14(17)6-8-15/h1,5-8,11H,9-10H2,2-3H3,(H2,18,19,20). The van der Waals surface area contributed by atoms with Crippen LogP contribution in [0.1, 0.15) is 11.3 Å². The maximum Gasteiger partial charge on any atom is 0.192 e. The number of aromatic nitrogens is 2. The predicted molar refractivity (Wildman–Crippen MR) is 85.3 cm³/mol. The zero-order valence-corrected chi connectivity index (χ0v) is 12.6. The Hall–Kier alpha value is -2.81. The van der Waals surface area contributed by atoms with Gasteiger partial charge in [-0.25, -0.2) is 9.07 Å². The molecular weight excluding hydrogens is 281 g/mol. The van der Waals surface area contributed by atoms with Crippen molar-refractivity contribution in [2.75, 3.05) is 13.6 Å². The van der Waals surface area contributed by atoms with Gasteiger partial charge in [0.1, 0.15) is 5.82 Å². The second kappa shape index (κ2) is 7.27. The van der Waals surface area contributed by atoms with E-state index in [0.29, 0.717) is 19.0 Å². The third-order valence-electron chi connectivity index (χ3n) is 3.12. The molecule has 0 radical (unpaired) electrons. The van der Waals surface area contributed by atoms with Crippen LogP contribution in [0.2, 0.25) is 0 Å². The summed E-state index contributed by atoms with van der Waals surface area (Å²) in [7, 11) is 1.68. The highest BCUT2D eigenvalue weighted by molar-refractivity contribution is 5.79. The summed E-state index contributed by atoms with van der Waals surface area (Å²) in [6, 6.07) is 6.20. The summed E-state index contributed by atoms with van der Waals surface area (Å²) in [5, 5.41) is 10.6. The lowest BCUT2D eigenvalue weighted by molar-refractivity contribution is 0.627. The molecule has 0 aliphatic carbocycles. The Morgan fingerprint density at radius 3 is 2.73 bits per heavy atom. The molecule has 6 heteroatoms. The Morgan fingerprint density at radius 2 is 2.09 bits per heavy atom. The number of rotatable bonds is 4. The highest BCUT2D eigenvalue weighted by atomic mass is 19.1. The molecule has 1 aromatic heterocycles. The van der Waals surface area contributed by atoms with Gasteiger partial charge in [0.15, 0.2) is 5.96 Å². The zero-order valence-electron chi connectivity index (χ0n) is 12.6. The highest BCUT2D eigenvalue weighted by Gasteiger charge is 2.07. The van der Waals surface area contributed by atoms with E-state index in [-0.39, 0.29) is 5.82 Å². The van der Waals surface area contributed by atoms with Crippen molar-refractivity contribution in [3.63, 3.8) is 0 Å². The smallest absolute Gasteiger partial charge is 0.192 e. The number of benzene rings is 1. The van der Waals surface area contributed by atoms with E-state index in [4.69, 9.17) is 6.42 Å². The number of hydrogen-bond donors (Lipinski definition) is 2. The topological polar surface area (TPSA) is 54.2 Å². The van der Waals surface area contributed by atoms with Crippen molar-refractivity contribution in [3.8, 4) is 18.0 Å². The summed E-state index contributed by atoms with van der Waals surface area (Å²) in [6.45, 7) is 2.90. The summed E-state index contributed by atoms with van der Waals surface area (Å²) < 4.78 is 14.7. The van der Waals surface area contributed by atoms with Crippen molar-refractivity contribution >= 4 is 5.96 Å². The van der Waals surface area contributed by atoms with Crippen LogP contribution in [-0.4, -0.2) is 29.3 Å². The van der Waals surface area contributed by atoms with Gasteiger partial charge < -0.3 is 10.6 Å². The van der Waals surface area contributed by atoms with Crippen molar-refractivity contribution in [1.29, 1.82) is 0 Å². The van der Waals surface area contributed by atoms with Crippen LogP contribution in [-0.2, 0) is 6.54 Å². The molecule has 5 nitrogen and oxygen atoms in total. The van der Waals surface area contributed by atoms with Gasteiger partial charge in [0.25, 0.3) is 0 Å². The van der Waals surface area contributed by atoms with E-state index in [1.165, 1.54) is 12.1 Å². The van der Waals surface area contributed by atoms with Crippen LogP contribution in [0.4, 0.5) is 4.39 Å². The van der Waals surface area contributed by atoms with E-state index in [2.05, 4.69) is 26.6 Å². The number of halogens is 1. The molecule has 0 saturated carbocycles. The quantitative estimate of drug-likeness (QED) is 0.512. The average molecular weight is 299 g/mol. The molecule has 2 aromatic rings. The number of nitrogens with zero attached hydrogens (tertiary/aromatic N) is 3. The summed E-state index contributed by atoms with van der Waals surface area (Å²) in [6.07, 6.45) is 7.11. The van der Waals surface area contributed by atoms with E-state index < -0.39 is 0 Å². The number of guanidine groups is 1.